The monoisotopic (exact) mass is 302 g/mol. The summed E-state index contributed by atoms with van der Waals surface area (Å²) in [5.41, 5.74) is 3.10. The van der Waals surface area contributed by atoms with Crippen LogP contribution in [0.25, 0.3) is 11.0 Å². The van der Waals surface area contributed by atoms with Gasteiger partial charge in [-0.25, -0.2) is 9.78 Å². The summed E-state index contributed by atoms with van der Waals surface area (Å²) in [6, 6.07) is 5.96. The second-order valence-corrected chi connectivity index (χ2v) is 5.88. The third-order valence-electron chi connectivity index (χ3n) is 3.94. The molecular weight excluding hydrogens is 280 g/mol. The summed E-state index contributed by atoms with van der Waals surface area (Å²) in [5, 5.41) is 2.89. The van der Waals surface area contributed by atoms with Gasteiger partial charge in [0.1, 0.15) is 5.82 Å². The number of rotatable bonds is 4. The lowest BCUT2D eigenvalue weighted by molar-refractivity contribution is 0.0874. The van der Waals surface area contributed by atoms with Crippen molar-refractivity contribution >= 4 is 17.1 Å². The maximum atomic E-state index is 12.1. The number of imidazole rings is 1. The lowest BCUT2D eigenvalue weighted by Gasteiger charge is -2.20. The van der Waals surface area contributed by atoms with Crippen molar-refractivity contribution in [3.8, 4) is 0 Å². The van der Waals surface area contributed by atoms with Gasteiger partial charge in [-0.05, 0) is 37.5 Å². The number of aryl methyl sites for hydroxylation is 1. The van der Waals surface area contributed by atoms with Crippen molar-refractivity contribution in [2.75, 3.05) is 20.2 Å². The number of likely N-dealkylation sites (N-methyl/N-ethyl adjacent to an activating group) is 1. The van der Waals surface area contributed by atoms with E-state index in [0.717, 1.165) is 36.3 Å². The molecule has 6 heteroatoms. The first kappa shape index (κ1) is 14.8. The Bertz CT molecular complexity index is 661. The first-order chi connectivity index (χ1) is 10.6. The molecule has 1 fully saturated rings. The number of nitrogens with one attached hydrogen (secondary N) is 2. The molecule has 2 heterocycles. The van der Waals surface area contributed by atoms with Gasteiger partial charge in [-0.15, -0.1) is 0 Å². The Kier molecular flexibility index (Phi) is 4.29. The standard InChI is InChI=1S/C16H22N4O2/c1-11-5-6-13-14(8-11)19-15(18-13)9-17-16(21)20(2)10-12-4-3-7-22-12/h5-6,8,12H,3-4,7,9-10H2,1-2H3,(H,17,21)(H,18,19). The van der Waals surface area contributed by atoms with Gasteiger partial charge < -0.3 is 19.9 Å². The first-order valence-electron chi connectivity index (χ1n) is 7.67. The van der Waals surface area contributed by atoms with E-state index in [2.05, 4.69) is 21.4 Å². The van der Waals surface area contributed by atoms with E-state index in [1.54, 1.807) is 11.9 Å². The number of ether oxygens (including phenoxy) is 1. The van der Waals surface area contributed by atoms with Crippen LogP contribution >= 0.6 is 0 Å². The van der Waals surface area contributed by atoms with Gasteiger partial charge in [-0.2, -0.15) is 0 Å². The Morgan fingerprint density at radius 3 is 3.18 bits per heavy atom. The van der Waals surface area contributed by atoms with Crippen molar-refractivity contribution in [1.29, 1.82) is 0 Å². The molecule has 3 rings (SSSR count). The summed E-state index contributed by atoms with van der Waals surface area (Å²) >= 11 is 0. The average molecular weight is 302 g/mol. The molecule has 1 unspecified atom stereocenters. The number of aromatic amines is 1. The van der Waals surface area contributed by atoms with Gasteiger partial charge in [-0.1, -0.05) is 6.07 Å². The fourth-order valence-electron chi connectivity index (χ4n) is 2.73. The number of carbonyl (C=O) groups excluding carboxylic acids is 1. The molecule has 2 aromatic rings. The Labute approximate surface area is 129 Å². The van der Waals surface area contributed by atoms with Crippen LogP contribution in [-0.2, 0) is 11.3 Å². The van der Waals surface area contributed by atoms with Gasteiger partial charge in [0.15, 0.2) is 0 Å². The normalized spacial score (nSPS) is 17.8. The highest BCUT2D eigenvalue weighted by molar-refractivity contribution is 5.76. The van der Waals surface area contributed by atoms with Gasteiger partial charge in [0.25, 0.3) is 0 Å². The Morgan fingerprint density at radius 2 is 2.41 bits per heavy atom. The topological polar surface area (TPSA) is 70.2 Å². The van der Waals surface area contributed by atoms with Gasteiger partial charge in [0.2, 0.25) is 0 Å². The van der Waals surface area contributed by atoms with Crippen LogP contribution in [0.3, 0.4) is 0 Å². The van der Waals surface area contributed by atoms with Crippen molar-refractivity contribution < 1.29 is 9.53 Å². The maximum absolute atomic E-state index is 12.1. The van der Waals surface area contributed by atoms with Crippen LogP contribution in [0.1, 0.15) is 24.2 Å². The number of aromatic nitrogens is 2. The van der Waals surface area contributed by atoms with E-state index < -0.39 is 0 Å². The summed E-state index contributed by atoms with van der Waals surface area (Å²) in [4.78, 5) is 21.5. The van der Waals surface area contributed by atoms with E-state index in [9.17, 15) is 4.79 Å². The minimum Gasteiger partial charge on any atom is -0.376 e. The van der Waals surface area contributed by atoms with Crippen LogP contribution < -0.4 is 5.32 Å². The van der Waals surface area contributed by atoms with Gasteiger partial charge in [0, 0.05) is 20.2 Å². The van der Waals surface area contributed by atoms with E-state index in [-0.39, 0.29) is 12.1 Å². The van der Waals surface area contributed by atoms with Gasteiger partial charge in [0.05, 0.1) is 23.7 Å². The molecule has 1 atom stereocenters. The Hall–Kier alpha value is -2.08. The van der Waals surface area contributed by atoms with Crippen molar-refractivity contribution in [3.05, 3.63) is 29.6 Å². The zero-order valence-corrected chi connectivity index (χ0v) is 13.1. The number of H-pyrrole nitrogens is 1. The van der Waals surface area contributed by atoms with Crippen LogP contribution in [0.5, 0.6) is 0 Å². The van der Waals surface area contributed by atoms with Crippen LogP contribution in [0.4, 0.5) is 4.79 Å². The fourth-order valence-corrected chi connectivity index (χ4v) is 2.73. The molecule has 22 heavy (non-hydrogen) atoms. The molecule has 118 valence electrons. The van der Waals surface area contributed by atoms with Crippen LogP contribution in [0.2, 0.25) is 0 Å². The summed E-state index contributed by atoms with van der Waals surface area (Å²) in [6.45, 7) is 3.87. The summed E-state index contributed by atoms with van der Waals surface area (Å²) in [7, 11) is 1.79. The molecule has 0 radical (unpaired) electrons. The predicted octanol–water partition coefficient (Wildman–Crippen LogP) is 2.19. The molecule has 0 spiro atoms. The highest BCUT2D eigenvalue weighted by Gasteiger charge is 2.20. The first-order valence-corrected chi connectivity index (χ1v) is 7.67. The number of amides is 2. The van der Waals surface area contributed by atoms with Crippen LogP contribution in [-0.4, -0.2) is 47.2 Å². The van der Waals surface area contributed by atoms with E-state index in [4.69, 9.17) is 4.74 Å². The third-order valence-corrected chi connectivity index (χ3v) is 3.94. The number of benzene rings is 1. The minimum atomic E-state index is -0.105. The smallest absolute Gasteiger partial charge is 0.317 e. The number of fused-ring (bicyclic) bond motifs is 1. The van der Waals surface area contributed by atoms with Crippen LogP contribution in [0.15, 0.2) is 18.2 Å². The molecule has 6 nitrogen and oxygen atoms in total. The highest BCUT2D eigenvalue weighted by atomic mass is 16.5. The molecule has 0 saturated carbocycles. The zero-order valence-electron chi connectivity index (χ0n) is 13.1. The Balaban J connectivity index is 1.54. The van der Waals surface area contributed by atoms with Crippen molar-refractivity contribution in [2.24, 2.45) is 0 Å². The summed E-state index contributed by atoms with van der Waals surface area (Å²) in [5.74, 6) is 0.763. The lowest BCUT2D eigenvalue weighted by Crippen LogP contribution is -2.41. The fraction of sp³-hybridized carbons (Fsp3) is 0.500. The molecular formula is C16H22N4O2. The van der Waals surface area contributed by atoms with E-state index in [1.165, 1.54) is 5.56 Å². The van der Waals surface area contributed by atoms with E-state index in [0.29, 0.717) is 13.1 Å². The second kappa shape index (κ2) is 6.36. The average Bonchev–Trinajstić information content (AvgIpc) is 3.13. The largest absolute Gasteiger partial charge is 0.376 e. The summed E-state index contributed by atoms with van der Waals surface area (Å²) in [6.07, 6.45) is 2.28. The zero-order chi connectivity index (χ0) is 15.5. The van der Waals surface area contributed by atoms with Crippen LogP contribution in [0, 0.1) is 6.92 Å². The van der Waals surface area contributed by atoms with E-state index in [1.807, 2.05) is 19.1 Å². The molecule has 1 saturated heterocycles. The minimum absolute atomic E-state index is 0.105. The molecule has 2 N–H and O–H groups in total. The maximum Gasteiger partial charge on any atom is 0.317 e. The van der Waals surface area contributed by atoms with Gasteiger partial charge >= 0.3 is 6.03 Å². The third kappa shape index (κ3) is 3.39. The second-order valence-electron chi connectivity index (χ2n) is 5.88. The Morgan fingerprint density at radius 1 is 1.55 bits per heavy atom. The number of urea groups is 1. The van der Waals surface area contributed by atoms with Gasteiger partial charge in [-0.3, -0.25) is 0 Å². The molecule has 2 amide bonds. The predicted molar refractivity (Wildman–Crippen MR) is 84.7 cm³/mol. The van der Waals surface area contributed by atoms with Crippen molar-refractivity contribution in [2.45, 2.75) is 32.4 Å². The SMILES string of the molecule is Cc1ccc2nc(CNC(=O)N(C)CC3CCCO3)[nH]c2c1. The number of hydrogen-bond donors (Lipinski definition) is 2. The molecule has 1 aliphatic rings. The number of carbonyl (C=O) groups is 1. The lowest BCUT2D eigenvalue weighted by atomic mass is 10.2. The number of nitrogens with zero attached hydrogens (tertiary/aromatic N) is 2. The molecule has 1 aromatic carbocycles. The quantitative estimate of drug-likeness (QED) is 0.909. The molecule has 1 aromatic heterocycles. The summed E-state index contributed by atoms with van der Waals surface area (Å²) < 4.78 is 5.55. The van der Waals surface area contributed by atoms with Crippen molar-refractivity contribution in [1.82, 2.24) is 20.2 Å². The number of hydrogen-bond acceptors (Lipinski definition) is 3. The molecule has 1 aliphatic heterocycles. The molecule has 0 aliphatic carbocycles. The molecule has 0 bridgehead atoms. The highest BCUT2D eigenvalue weighted by Crippen LogP contribution is 2.14. The van der Waals surface area contributed by atoms with Crippen molar-refractivity contribution in [3.63, 3.8) is 0 Å². The van der Waals surface area contributed by atoms with E-state index >= 15 is 0 Å².